The first-order chi connectivity index (χ1) is 47.6. The van der Waals surface area contributed by atoms with Gasteiger partial charge in [0.1, 0.15) is 0 Å². The summed E-state index contributed by atoms with van der Waals surface area (Å²) in [4.78, 5) is 10.5. The van der Waals surface area contributed by atoms with Gasteiger partial charge in [-0.25, -0.2) is 0 Å². The van der Waals surface area contributed by atoms with Gasteiger partial charge >= 0.3 is 0 Å². The highest BCUT2D eigenvalue weighted by Crippen LogP contribution is 2.65. The van der Waals surface area contributed by atoms with Crippen LogP contribution < -0.4 is 42.6 Å². The molecular weight excluding hydrogens is 1220 g/mol. The first kappa shape index (κ1) is 62.6. The molecule has 0 saturated heterocycles. The van der Waals surface area contributed by atoms with Gasteiger partial charge in [0.15, 0.2) is 0 Å². The standard InChI is InChI=1S/C92H84B2N2S2/c1-55(2)61-49-65(57(5)6)89(66(50-61)58(7)8)93-77-47-45-63(95-81-37-21-13-29-69(81)91(70-30-14-22-38-82(70)95)73-33-17-25-41-85(73)97-86-42-26-18-34-74(86)91)53-79(77)94(90-67(59(9)10)51-62(56(3)4)52-68(90)60(11)12)80-54-64(46-48-78(80)93)96-83-39-23-15-31-71(83)92(72-32-16-24-40-84(72)96)75-35-19-27-43-87(75)98-88-44-28-20-36-76(88)92/h13-60H,1-12H3. The minimum atomic E-state index is -0.563. The van der Waals surface area contributed by atoms with Gasteiger partial charge < -0.3 is 9.80 Å². The molecule has 0 unspecified atom stereocenters. The maximum absolute atomic E-state index is 2.69. The van der Waals surface area contributed by atoms with Crippen molar-refractivity contribution >= 4 is 104 Å². The van der Waals surface area contributed by atoms with Gasteiger partial charge in [0.05, 0.1) is 33.6 Å². The fraction of sp³-hybridized carbons (Fsp3) is 0.217. The number of nitrogens with zero attached hydrogens (tertiary/aromatic N) is 2. The molecule has 2 nitrogen and oxygen atoms in total. The summed E-state index contributed by atoms with van der Waals surface area (Å²) in [7, 11) is 0. The van der Waals surface area contributed by atoms with Gasteiger partial charge in [0, 0.05) is 31.0 Å². The molecule has 6 heteroatoms. The van der Waals surface area contributed by atoms with E-state index in [1.54, 1.807) is 0 Å². The van der Waals surface area contributed by atoms with Crippen LogP contribution in [0.25, 0.3) is 0 Å². The van der Waals surface area contributed by atoms with Gasteiger partial charge in [-0.15, -0.1) is 0 Å². The average Bonchev–Trinajstić information content (AvgIpc) is 0.684. The van der Waals surface area contributed by atoms with Crippen LogP contribution in [0.15, 0.2) is 274 Å². The van der Waals surface area contributed by atoms with E-state index in [1.807, 2.05) is 23.5 Å². The van der Waals surface area contributed by atoms with Crippen molar-refractivity contribution < 1.29 is 0 Å². The van der Waals surface area contributed by atoms with Crippen molar-refractivity contribution in [3.05, 3.63) is 333 Å². The summed E-state index contributed by atoms with van der Waals surface area (Å²) in [6, 6.07) is 100. The second-order valence-corrected chi connectivity index (χ2v) is 32.2. The lowest BCUT2D eigenvalue weighted by Crippen LogP contribution is -2.76. The van der Waals surface area contributed by atoms with Crippen LogP contribution in [-0.4, -0.2) is 13.4 Å². The summed E-state index contributed by atoms with van der Waals surface area (Å²) >= 11 is 3.81. The molecule has 98 heavy (non-hydrogen) atoms. The molecule has 0 radical (unpaired) electrons. The fourth-order valence-corrected chi connectivity index (χ4v) is 20.7. The molecule has 5 aliphatic heterocycles. The lowest BCUT2D eigenvalue weighted by Gasteiger charge is -2.49. The summed E-state index contributed by atoms with van der Waals surface area (Å²) in [5.74, 6) is 1.78. The highest BCUT2D eigenvalue weighted by molar-refractivity contribution is 7.99. The van der Waals surface area contributed by atoms with Crippen molar-refractivity contribution in [3.63, 3.8) is 0 Å². The second-order valence-electron chi connectivity index (χ2n) is 30.1. The maximum Gasteiger partial charge on any atom is 0.240 e. The van der Waals surface area contributed by atoms with Gasteiger partial charge in [-0.1, -0.05) is 321 Å². The molecule has 0 saturated carbocycles. The summed E-state index contributed by atoms with van der Waals surface area (Å²) in [6.45, 7) is 28.8. The molecule has 0 aromatic heterocycles. The molecule has 0 atom stereocenters. The molecular formula is C92H84B2N2S2. The zero-order valence-electron chi connectivity index (χ0n) is 58.6. The second kappa shape index (κ2) is 23.9. The van der Waals surface area contributed by atoms with Crippen molar-refractivity contribution in [1.29, 1.82) is 0 Å². The number of anilines is 6. The highest BCUT2D eigenvalue weighted by Gasteiger charge is 2.53. The average molecular weight is 1300 g/mol. The number of hydrogen-bond donors (Lipinski definition) is 0. The predicted octanol–water partition coefficient (Wildman–Crippen LogP) is 21.0. The van der Waals surface area contributed by atoms with Crippen LogP contribution in [0.5, 0.6) is 0 Å². The molecule has 480 valence electrons. The molecule has 2 spiro atoms. The Hall–Kier alpha value is -8.93. The van der Waals surface area contributed by atoms with Gasteiger partial charge in [0.25, 0.3) is 0 Å². The van der Waals surface area contributed by atoms with Crippen LogP contribution >= 0.6 is 23.5 Å². The van der Waals surface area contributed by atoms with Gasteiger partial charge in [-0.2, -0.15) is 0 Å². The molecule has 5 heterocycles. The fourth-order valence-electron chi connectivity index (χ4n) is 18.3. The molecule has 17 rings (SSSR count). The minimum absolute atomic E-state index is 0.0795. The largest absolute Gasteiger partial charge is 0.310 e. The molecule has 12 aromatic rings. The highest BCUT2D eigenvalue weighted by atomic mass is 32.2. The first-order valence-electron chi connectivity index (χ1n) is 36.0. The maximum atomic E-state index is 2.69. The number of para-hydroxylation sites is 4. The van der Waals surface area contributed by atoms with E-state index < -0.39 is 10.8 Å². The van der Waals surface area contributed by atoms with Gasteiger partial charge in [-0.05, 0) is 186 Å². The Balaban J connectivity index is 0.983. The van der Waals surface area contributed by atoms with Crippen LogP contribution in [0.3, 0.4) is 0 Å². The molecule has 5 aliphatic rings. The van der Waals surface area contributed by atoms with E-state index >= 15 is 0 Å². The molecule has 0 fully saturated rings. The summed E-state index contributed by atoms with van der Waals surface area (Å²) in [5.41, 5.74) is 33.6. The van der Waals surface area contributed by atoms with Crippen LogP contribution in [-0.2, 0) is 10.8 Å². The van der Waals surface area contributed by atoms with E-state index in [4.69, 9.17) is 0 Å². The first-order valence-corrected chi connectivity index (χ1v) is 37.6. The number of hydrogen-bond acceptors (Lipinski definition) is 4. The Labute approximate surface area is 591 Å². The smallest absolute Gasteiger partial charge is 0.240 e. The van der Waals surface area contributed by atoms with Crippen molar-refractivity contribution in [3.8, 4) is 0 Å². The third-order valence-electron chi connectivity index (χ3n) is 22.6. The summed E-state index contributed by atoms with van der Waals surface area (Å²) in [6.07, 6.45) is 0. The summed E-state index contributed by atoms with van der Waals surface area (Å²) in [5, 5.41) is 0. The number of rotatable bonds is 10. The topological polar surface area (TPSA) is 6.48 Å². The predicted molar refractivity (Wildman–Crippen MR) is 421 cm³/mol. The lowest BCUT2D eigenvalue weighted by molar-refractivity contribution is 0.692. The molecule has 12 aromatic carbocycles. The van der Waals surface area contributed by atoms with Crippen molar-refractivity contribution in [2.45, 2.75) is 149 Å². The van der Waals surface area contributed by atoms with E-state index in [9.17, 15) is 0 Å². The summed E-state index contributed by atoms with van der Waals surface area (Å²) < 4.78 is 0. The molecule has 0 amide bonds. The van der Waals surface area contributed by atoms with E-state index in [-0.39, 0.29) is 37.1 Å². The molecule has 0 aliphatic carbocycles. The van der Waals surface area contributed by atoms with Crippen molar-refractivity contribution in [2.75, 3.05) is 9.80 Å². The van der Waals surface area contributed by atoms with E-state index in [1.165, 1.54) is 164 Å². The van der Waals surface area contributed by atoms with Crippen LogP contribution in [0.1, 0.15) is 196 Å². The quantitative estimate of drug-likeness (QED) is 0.126. The van der Waals surface area contributed by atoms with Crippen LogP contribution in [0, 0.1) is 0 Å². The third-order valence-corrected chi connectivity index (χ3v) is 24.9. The Morgan fingerprint density at radius 2 is 0.500 bits per heavy atom. The van der Waals surface area contributed by atoms with E-state index in [2.05, 4.69) is 348 Å². The van der Waals surface area contributed by atoms with Crippen molar-refractivity contribution in [1.82, 2.24) is 0 Å². The van der Waals surface area contributed by atoms with Crippen LogP contribution in [0.4, 0.5) is 34.1 Å². The van der Waals surface area contributed by atoms with Crippen molar-refractivity contribution in [2.24, 2.45) is 0 Å². The monoisotopic (exact) mass is 1300 g/mol. The third kappa shape index (κ3) is 9.18. The van der Waals surface area contributed by atoms with Gasteiger partial charge in [-0.3, -0.25) is 0 Å². The zero-order chi connectivity index (χ0) is 67.2. The number of fused-ring (bicyclic) bond motifs is 18. The minimum Gasteiger partial charge on any atom is -0.310 e. The Bertz CT molecular complexity index is 4710. The lowest BCUT2D eigenvalue weighted by atomic mass is 9.20. The van der Waals surface area contributed by atoms with Crippen LogP contribution in [0.2, 0.25) is 0 Å². The van der Waals surface area contributed by atoms with E-state index in [0.717, 1.165) is 0 Å². The Morgan fingerprint density at radius 3 is 0.765 bits per heavy atom. The number of benzene rings is 12. The normalized spacial score (nSPS) is 14.9. The van der Waals surface area contributed by atoms with Gasteiger partial charge in [0.2, 0.25) is 13.4 Å². The SMILES string of the molecule is CC(C)c1cc(C(C)C)c(B2c3ccc(N4c5ccccc5C5(c6ccccc6Sc6ccccc65)c5ccccc54)cc3B(c3c(C(C)C)cc(C(C)C)cc3C(C)C)c3cc(N4c5ccccc5C5(c6ccccc6Sc6ccccc65)c5ccccc54)ccc32)c(C(C)C)c1. The molecule has 0 N–H and O–H groups in total. The Morgan fingerprint density at radius 1 is 0.255 bits per heavy atom. The molecule has 0 bridgehead atoms. The zero-order valence-corrected chi connectivity index (χ0v) is 60.2. The Kier molecular flexibility index (Phi) is 15.3. The van der Waals surface area contributed by atoms with E-state index in [0.29, 0.717) is 11.8 Å².